The largest absolute Gasteiger partial charge is 0.309 e. The molecule has 3 rings (SSSR count). The first-order valence-corrected chi connectivity index (χ1v) is 8.26. The van der Waals surface area contributed by atoms with Gasteiger partial charge in [-0.1, -0.05) is 44.0 Å². The molecule has 1 aromatic carbocycles. The lowest BCUT2D eigenvalue weighted by Crippen LogP contribution is -2.49. The molecule has 2 aliphatic carbocycles. The fraction of sp³-hybridized carbons (Fsp3) is 0.647. The molecule has 0 radical (unpaired) electrons. The first kappa shape index (κ1) is 14.7. The molecule has 2 bridgehead atoms. The first-order valence-electron chi connectivity index (χ1n) is 7.50. The van der Waals surface area contributed by atoms with Crippen LogP contribution in [0.3, 0.4) is 0 Å². The van der Waals surface area contributed by atoms with Crippen LogP contribution in [0.15, 0.2) is 18.2 Å². The van der Waals surface area contributed by atoms with Crippen molar-refractivity contribution < 1.29 is 0 Å². The highest BCUT2D eigenvalue weighted by molar-refractivity contribution is 6.33. The number of rotatable bonds is 3. The zero-order valence-electron chi connectivity index (χ0n) is 12.5. The summed E-state index contributed by atoms with van der Waals surface area (Å²) in [6, 6.07) is 6.26. The van der Waals surface area contributed by atoms with Gasteiger partial charge in [0.15, 0.2) is 0 Å². The number of hydrogen-bond donors (Lipinski definition) is 1. The molecular formula is C17H23Cl2N. The van der Waals surface area contributed by atoms with E-state index >= 15 is 0 Å². The van der Waals surface area contributed by atoms with E-state index < -0.39 is 0 Å². The van der Waals surface area contributed by atoms with Crippen molar-refractivity contribution in [3.63, 3.8) is 0 Å². The second kappa shape index (κ2) is 4.90. The minimum atomic E-state index is 0.373. The van der Waals surface area contributed by atoms with Crippen molar-refractivity contribution in [1.82, 2.24) is 5.32 Å². The maximum absolute atomic E-state index is 6.27. The Morgan fingerprint density at radius 2 is 2.00 bits per heavy atom. The van der Waals surface area contributed by atoms with E-state index in [-0.39, 0.29) is 0 Å². The van der Waals surface area contributed by atoms with Crippen LogP contribution in [0, 0.1) is 16.7 Å². The molecule has 0 amide bonds. The molecule has 1 aromatic rings. The van der Waals surface area contributed by atoms with Crippen LogP contribution in [0.2, 0.25) is 10.0 Å². The highest BCUT2D eigenvalue weighted by atomic mass is 35.5. The minimum Gasteiger partial charge on any atom is -0.309 e. The standard InChI is InChI=1S/C17H23Cl2N/c1-16(2)12-6-7-17(3,9-12)15(16)20-10-11-8-13(18)4-5-14(11)19/h4-5,8,12,15,20H,6-7,9-10H2,1-3H3. The van der Waals surface area contributed by atoms with Crippen molar-refractivity contribution in [2.75, 3.05) is 0 Å². The Hall–Kier alpha value is -0.240. The average Bonchev–Trinajstić information content (AvgIpc) is 2.84. The van der Waals surface area contributed by atoms with Crippen molar-refractivity contribution in [1.29, 1.82) is 0 Å². The summed E-state index contributed by atoms with van der Waals surface area (Å²) < 4.78 is 0. The molecule has 110 valence electrons. The van der Waals surface area contributed by atoms with Gasteiger partial charge in [0.2, 0.25) is 0 Å². The maximum atomic E-state index is 6.27. The van der Waals surface area contributed by atoms with E-state index in [0.717, 1.165) is 28.1 Å². The molecule has 3 atom stereocenters. The Labute approximate surface area is 132 Å². The van der Waals surface area contributed by atoms with Crippen molar-refractivity contribution in [2.45, 2.75) is 52.6 Å². The topological polar surface area (TPSA) is 12.0 Å². The van der Waals surface area contributed by atoms with E-state index in [1.807, 2.05) is 18.2 Å². The molecule has 2 fully saturated rings. The molecule has 3 unspecified atom stereocenters. The van der Waals surface area contributed by atoms with Crippen LogP contribution in [0.4, 0.5) is 0 Å². The van der Waals surface area contributed by atoms with E-state index in [2.05, 4.69) is 26.1 Å². The van der Waals surface area contributed by atoms with E-state index in [9.17, 15) is 0 Å². The lowest BCUT2D eigenvalue weighted by molar-refractivity contribution is 0.108. The predicted octanol–water partition coefficient (Wildman–Crippen LogP) is 5.30. The van der Waals surface area contributed by atoms with Gasteiger partial charge in [-0.3, -0.25) is 0 Å². The Morgan fingerprint density at radius 1 is 1.25 bits per heavy atom. The lowest BCUT2D eigenvalue weighted by Gasteiger charge is -2.43. The Balaban J connectivity index is 1.77. The van der Waals surface area contributed by atoms with Gasteiger partial charge in [-0.25, -0.2) is 0 Å². The van der Waals surface area contributed by atoms with Gasteiger partial charge in [0.1, 0.15) is 0 Å². The fourth-order valence-electron chi connectivity index (χ4n) is 4.70. The van der Waals surface area contributed by atoms with Gasteiger partial charge in [-0.2, -0.15) is 0 Å². The van der Waals surface area contributed by atoms with Gasteiger partial charge in [0, 0.05) is 22.6 Å². The summed E-state index contributed by atoms with van der Waals surface area (Å²) >= 11 is 12.3. The van der Waals surface area contributed by atoms with Crippen molar-refractivity contribution >= 4 is 23.2 Å². The summed E-state index contributed by atoms with van der Waals surface area (Å²) in [6.07, 6.45) is 4.10. The minimum absolute atomic E-state index is 0.373. The van der Waals surface area contributed by atoms with Crippen molar-refractivity contribution in [3.8, 4) is 0 Å². The highest BCUT2D eigenvalue weighted by Gasteiger charge is 2.58. The summed E-state index contributed by atoms with van der Waals surface area (Å²) in [5, 5.41) is 5.34. The molecule has 0 aromatic heterocycles. The number of benzene rings is 1. The van der Waals surface area contributed by atoms with Gasteiger partial charge in [-0.15, -0.1) is 0 Å². The average molecular weight is 312 g/mol. The third-order valence-corrected chi connectivity index (χ3v) is 6.38. The third kappa shape index (κ3) is 2.28. The maximum Gasteiger partial charge on any atom is 0.0451 e. The van der Waals surface area contributed by atoms with Gasteiger partial charge >= 0.3 is 0 Å². The molecule has 3 heteroatoms. The van der Waals surface area contributed by atoms with Crippen LogP contribution >= 0.6 is 23.2 Å². The van der Waals surface area contributed by atoms with Crippen molar-refractivity contribution in [2.24, 2.45) is 16.7 Å². The number of halogens is 2. The molecule has 0 heterocycles. The summed E-state index contributed by atoms with van der Waals surface area (Å²) in [7, 11) is 0. The van der Waals surface area contributed by atoms with Gasteiger partial charge in [-0.05, 0) is 59.8 Å². The first-order chi connectivity index (χ1) is 9.33. The number of hydrogen-bond acceptors (Lipinski definition) is 1. The van der Waals surface area contributed by atoms with E-state index in [1.54, 1.807) is 0 Å². The van der Waals surface area contributed by atoms with Gasteiger partial charge in [0.05, 0.1) is 0 Å². The van der Waals surface area contributed by atoms with Crippen LogP contribution in [0.1, 0.15) is 45.6 Å². The van der Waals surface area contributed by atoms with E-state index in [0.29, 0.717) is 16.9 Å². The van der Waals surface area contributed by atoms with Gasteiger partial charge in [0.25, 0.3) is 0 Å². The molecule has 0 spiro atoms. The van der Waals surface area contributed by atoms with Crippen LogP contribution in [0.5, 0.6) is 0 Å². The molecule has 2 saturated carbocycles. The number of nitrogens with one attached hydrogen (secondary N) is 1. The summed E-state index contributed by atoms with van der Waals surface area (Å²) in [5.41, 5.74) is 1.92. The molecule has 1 nitrogen and oxygen atoms in total. The molecular weight excluding hydrogens is 289 g/mol. The molecule has 20 heavy (non-hydrogen) atoms. The zero-order valence-corrected chi connectivity index (χ0v) is 14.0. The molecule has 0 aliphatic heterocycles. The highest BCUT2D eigenvalue weighted by Crippen LogP contribution is 2.62. The second-order valence-corrected chi connectivity index (χ2v) is 8.31. The van der Waals surface area contributed by atoms with Crippen LogP contribution in [-0.4, -0.2) is 6.04 Å². The second-order valence-electron chi connectivity index (χ2n) is 7.46. The fourth-order valence-corrected chi connectivity index (χ4v) is 5.08. The molecule has 2 aliphatic rings. The smallest absolute Gasteiger partial charge is 0.0451 e. The SMILES string of the molecule is CC12CCC(C1)C(C)(C)C2NCc1cc(Cl)ccc1Cl. The van der Waals surface area contributed by atoms with Crippen molar-refractivity contribution in [3.05, 3.63) is 33.8 Å². The Morgan fingerprint density at radius 3 is 2.65 bits per heavy atom. The lowest BCUT2D eigenvalue weighted by atomic mass is 9.68. The quantitative estimate of drug-likeness (QED) is 0.799. The van der Waals surface area contributed by atoms with Crippen LogP contribution in [-0.2, 0) is 6.54 Å². The normalized spacial score (nSPS) is 34.6. The Bertz CT molecular complexity index is 521. The van der Waals surface area contributed by atoms with Crippen LogP contribution < -0.4 is 5.32 Å². The predicted molar refractivity (Wildman–Crippen MR) is 86.3 cm³/mol. The van der Waals surface area contributed by atoms with Gasteiger partial charge < -0.3 is 5.32 Å². The molecule has 0 saturated heterocycles. The summed E-state index contributed by atoms with van der Waals surface area (Å²) in [5.74, 6) is 0.861. The number of fused-ring (bicyclic) bond motifs is 2. The summed E-state index contributed by atoms with van der Waals surface area (Å²) in [6.45, 7) is 8.08. The zero-order chi connectivity index (χ0) is 14.5. The molecule has 1 N–H and O–H groups in total. The Kier molecular flexibility index (Phi) is 3.60. The van der Waals surface area contributed by atoms with E-state index in [4.69, 9.17) is 23.2 Å². The van der Waals surface area contributed by atoms with E-state index in [1.165, 1.54) is 19.3 Å². The third-order valence-electron chi connectivity index (χ3n) is 5.77. The monoisotopic (exact) mass is 311 g/mol. The van der Waals surface area contributed by atoms with Crippen LogP contribution in [0.25, 0.3) is 0 Å². The summed E-state index contributed by atoms with van der Waals surface area (Å²) in [4.78, 5) is 0.